The zero-order valence-electron chi connectivity index (χ0n) is 11.1. The highest BCUT2D eigenvalue weighted by Gasteiger charge is 2.14. The quantitative estimate of drug-likeness (QED) is 0.562. The van der Waals surface area contributed by atoms with Gasteiger partial charge >= 0.3 is 0 Å². The van der Waals surface area contributed by atoms with Crippen molar-refractivity contribution >= 4 is 14.9 Å². The summed E-state index contributed by atoms with van der Waals surface area (Å²) < 4.78 is 29.5. The van der Waals surface area contributed by atoms with E-state index in [1.165, 1.54) is 12.1 Å². The smallest absolute Gasteiger partial charge is 0.275 e. The van der Waals surface area contributed by atoms with Gasteiger partial charge in [-0.2, -0.15) is 0 Å². The predicted octanol–water partition coefficient (Wildman–Crippen LogP) is 2.22. The Labute approximate surface area is 110 Å². The molecule has 0 aliphatic heterocycles. The van der Waals surface area contributed by atoms with Crippen molar-refractivity contribution in [3.63, 3.8) is 0 Å². The SMILES string of the molecule is CC(C)OC(O[Si]c1cccc(F)c1)OC(C)C. The van der Waals surface area contributed by atoms with Gasteiger partial charge in [0.1, 0.15) is 5.82 Å². The second kappa shape index (κ2) is 7.63. The molecule has 0 heterocycles. The molecular weight excluding hydrogens is 251 g/mol. The molecule has 0 saturated heterocycles. The van der Waals surface area contributed by atoms with Crippen molar-refractivity contribution in [1.29, 1.82) is 0 Å². The first-order valence-electron chi connectivity index (χ1n) is 5.95. The van der Waals surface area contributed by atoms with E-state index >= 15 is 0 Å². The first kappa shape index (κ1) is 15.3. The molecule has 0 atom stereocenters. The van der Waals surface area contributed by atoms with Crippen molar-refractivity contribution in [1.82, 2.24) is 0 Å². The van der Waals surface area contributed by atoms with Gasteiger partial charge in [0.15, 0.2) is 0 Å². The van der Waals surface area contributed by atoms with Crippen LogP contribution in [0.4, 0.5) is 4.39 Å². The molecule has 0 unspecified atom stereocenters. The zero-order valence-corrected chi connectivity index (χ0v) is 12.1. The maximum atomic E-state index is 13.0. The average molecular weight is 270 g/mol. The summed E-state index contributed by atoms with van der Waals surface area (Å²) in [6, 6.07) is 6.31. The number of ether oxygens (including phenoxy) is 2. The van der Waals surface area contributed by atoms with E-state index in [4.69, 9.17) is 13.9 Å². The lowest BCUT2D eigenvalue weighted by Crippen LogP contribution is -2.32. The van der Waals surface area contributed by atoms with E-state index in [-0.39, 0.29) is 27.8 Å². The van der Waals surface area contributed by atoms with Gasteiger partial charge in [0.25, 0.3) is 16.2 Å². The average Bonchev–Trinajstić information content (AvgIpc) is 2.24. The second-order valence-electron chi connectivity index (χ2n) is 4.39. The van der Waals surface area contributed by atoms with Crippen molar-refractivity contribution in [2.24, 2.45) is 0 Å². The number of benzene rings is 1. The first-order chi connectivity index (χ1) is 8.47. The molecule has 1 aromatic rings. The van der Waals surface area contributed by atoms with Crippen molar-refractivity contribution in [3.8, 4) is 0 Å². The molecule has 1 aromatic carbocycles. The summed E-state index contributed by atoms with van der Waals surface area (Å²) in [5, 5.41) is 0.778. The molecule has 0 amide bonds. The van der Waals surface area contributed by atoms with E-state index in [0.717, 1.165) is 5.19 Å². The van der Waals surface area contributed by atoms with E-state index in [9.17, 15) is 4.39 Å². The molecule has 3 nitrogen and oxygen atoms in total. The lowest BCUT2D eigenvalue weighted by Gasteiger charge is -2.22. The minimum atomic E-state index is -0.716. The molecule has 5 heteroatoms. The fourth-order valence-electron chi connectivity index (χ4n) is 1.20. The van der Waals surface area contributed by atoms with Crippen LogP contribution < -0.4 is 5.19 Å². The van der Waals surface area contributed by atoms with Crippen LogP contribution in [-0.2, 0) is 13.9 Å². The fraction of sp³-hybridized carbons (Fsp3) is 0.538. The largest absolute Gasteiger partial charge is 0.366 e. The maximum absolute atomic E-state index is 13.0. The Kier molecular flexibility index (Phi) is 6.49. The molecule has 0 spiro atoms. The summed E-state index contributed by atoms with van der Waals surface area (Å²) in [5.74, 6) is -0.269. The Balaban J connectivity index is 2.50. The van der Waals surface area contributed by atoms with Crippen LogP contribution in [0.2, 0.25) is 0 Å². The number of hydrogen-bond acceptors (Lipinski definition) is 3. The lowest BCUT2D eigenvalue weighted by molar-refractivity contribution is -0.274. The van der Waals surface area contributed by atoms with E-state index in [1.54, 1.807) is 6.07 Å². The molecule has 0 aliphatic carbocycles. The zero-order chi connectivity index (χ0) is 13.5. The van der Waals surface area contributed by atoms with E-state index in [0.29, 0.717) is 0 Å². The first-order valence-corrected chi connectivity index (χ1v) is 6.86. The maximum Gasteiger partial charge on any atom is 0.275 e. The van der Waals surface area contributed by atoms with Gasteiger partial charge in [-0.05, 0) is 45.0 Å². The molecule has 1 rings (SSSR count). The molecule has 0 aliphatic rings. The number of halogens is 1. The summed E-state index contributed by atoms with van der Waals surface area (Å²) in [5.41, 5.74) is 0. The summed E-state index contributed by atoms with van der Waals surface area (Å²) in [4.78, 5) is 0. The van der Waals surface area contributed by atoms with Gasteiger partial charge in [-0.1, -0.05) is 12.1 Å². The van der Waals surface area contributed by atoms with Crippen LogP contribution in [0.15, 0.2) is 24.3 Å². The van der Waals surface area contributed by atoms with E-state index in [1.807, 2.05) is 33.8 Å². The fourth-order valence-corrected chi connectivity index (χ4v) is 1.90. The van der Waals surface area contributed by atoms with Gasteiger partial charge in [-0.15, -0.1) is 0 Å². The Bertz CT molecular complexity index is 348. The molecule has 0 fully saturated rings. The molecule has 0 N–H and O–H groups in total. The topological polar surface area (TPSA) is 27.7 Å². The summed E-state index contributed by atoms with van der Waals surface area (Å²) in [7, 11) is -0.00975. The highest BCUT2D eigenvalue weighted by atomic mass is 28.2. The Hall–Kier alpha value is -0.753. The van der Waals surface area contributed by atoms with Crippen LogP contribution >= 0.6 is 0 Å². The van der Waals surface area contributed by atoms with Gasteiger partial charge in [-0.3, -0.25) is 0 Å². The molecule has 2 radical (unpaired) electrons. The molecule has 0 bridgehead atoms. The lowest BCUT2D eigenvalue weighted by atomic mass is 10.3. The van der Waals surface area contributed by atoms with E-state index < -0.39 is 6.48 Å². The van der Waals surface area contributed by atoms with Crippen molar-refractivity contribution in [3.05, 3.63) is 30.1 Å². The number of rotatable bonds is 7. The third-order valence-corrected chi connectivity index (χ3v) is 2.72. The van der Waals surface area contributed by atoms with Crippen LogP contribution in [-0.4, -0.2) is 28.4 Å². The summed E-state index contributed by atoms with van der Waals surface area (Å²) in [6.07, 6.45) is 0.0112. The van der Waals surface area contributed by atoms with Gasteiger partial charge in [0.2, 0.25) is 0 Å². The standard InChI is InChI=1S/C13H19FO3Si/c1-9(2)15-13(16-10(3)4)17-18-12-7-5-6-11(14)8-12/h5-10,13H,1-4H3. The van der Waals surface area contributed by atoms with Crippen LogP contribution in [0, 0.1) is 5.82 Å². The highest BCUT2D eigenvalue weighted by molar-refractivity contribution is 6.46. The van der Waals surface area contributed by atoms with Gasteiger partial charge in [0.05, 0.1) is 12.2 Å². The summed E-state index contributed by atoms with van der Waals surface area (Å²) in [6.45, 7) is 6.92. The van der Waals surface area contributed by atoms with E-state index in [2.05, 4.69) is 0 Å². The minimum absolute atomic E-state index is 0.00561. The van der Waals surface area contributed by atoms with Crippen molar-refractivity contribution < 1.29 is 18.3 Å². The predicted molar refractivity (Wildman–Crippen MR) is 69.1 cm³/mol. The molecule has 0 saturated carbocycles. The second-order valence-corrected chi connectivity index (χ2v) is 5.41. The molecular formula is C13H19FO3Si. The Morgan fingerprint density at radius 2 is 1.67 bits per heavy atom. The van der Waals surface area contributed by atoms with Gasteiger partial charge in [0, 0.05) is 0 Å². The van der Waals surface area contributed by atoms with Crippen LogP contribution in [0.25, 0.3) is 0 Å². The Morgan fingerprint density at radius 3 is 2.17 bits per heavy atom. The highest BCUT2D eigenvalue weighted by Crippen LogP contribution is 2.05. The molecule has 18 heavy (non-hydrogen) atoms. The Morgan fingerprint density at radius 1 is 1.06 bits per heavy atom. The van der Waals surface area contributed by atoms with Crippen molar-refractivity contribution in [2.75, 3.05) is 0 Å². The molecule has 100 valence electrons. The van der Waals surface area contributed by atoms with Crippen LogP contribution in [0.1, 0.15) is 27.7 Å². The number of hydrogen-bond donors (Lipinski definition) is 0. The third-order valence-electron chi connectivity index (χ3n) is 1.86. The van der Waals surface area contributed by atoms with Crippen molar-refractivity contribution in [2.45, 2.75) is 46.4 Å². The monoisotopic (exact) mass is 270 g/mol. The minimum Gasteiger partial charge on any atom is -0.366 e. The molecule has 0 aromatic heterocycles. The third kappa shape index (κ3) is 6.25. The van der Waals surface area contributed by atoms with Crippen LogP contribution in [0.5, 0.6) is 0 Å². The van der Waals surface area contributed by atoms with Gasteiger partial charge < -0.3 is 13.9 Å². The van der Waals surface area contributed by atoms with Crippen LogP contribution in [0.3, 0.4) is 0 Å². The summed E-state index contributed by atoms with van der Waals surface area (Å²) >= 11 is 0. The van der Waals surface area contributed by atoms with Gasteiger partial charge in [-0.25, -0.2) is 4.39 Å². The normalized spacial score (nSPS) is 11.8.